The fraction of sp³-hybridized carbons (Fsp3) is 0.107. The molecule has 0 heterocycles. The second-order valence-electron chi connectivity index (χ2n) is 15.4. The first kappa shape index (κ1) is 34.8. The number of fused-ring (bicyclic) bond motifs is 2. The molecule has 1 fully saturated rings. The highest BCUT2D eigenvalue weighted by Gasteiger charge is 2.25. The lowest BCUT2D eigenvalue weighted by Gasteiger charge is -2.32. The van der Waals surface area contributed by atoms with Gasteiger partial charge in [-0.2, -0.15) is 0 Å². The molecule has 1 saturated carbocycles. The van der Waals surface area contributed by atoms with Crippen molar-refractivity contribution < 1.29 is 0 Å². The van der Waals surface area contributed by atoms with Crippen LogP contribution >= 0.6 is 0 Å². The maximum atomic E-state index is 2.53. The average Bonchev–Trinajstić information content (AvgIpc) is 3.29. The van der Waals surface area contributed by atoms with E-state index in [1.165, 1.54) is 104 Å². The number of rotatable bonds is 8. The van der Waals surface area contributed by atoms with Gasteiger partial charge in [-0.15, -0.1) is 0 Å². The lowest BCUT2D eigenvalue weighted by atomic mass is 9.80. The van der Waals surface area contributed by atoms with E-state index in [9.17, 15) is 0 Å². The first-order chi connectivity index (χ1) is 28.3. The van der Waals surface area contributed by atoms with E-state index in [1.54, 1.807) is 0 Å². The van der Waals surface area contributed by atoms with Crippen molar-refractivity contribution in [2.24, 2.45) is 0 Å². The molecule has 0 bridgehead atoms. The molecule has 0 saturated heterocycles. The third kappa shape index (κ3) is 6.60. The molecule has 0 radical (unpaired) electrons. The van der Waals surface area contributed by atoms with Gasteiger partial charge in [-0.1, -0.05) is 201 Å². The molecule has 0 aromatic heterocycles. The molecule has 9 aromatic carbocycles. The van der Waals surface area contributed by atoms with Crippen LogP contribution in [0.25, 0.3) is 66.1 Å². The molecule has 1 aliphatic carbocycles. The van der Waals surface area contributed by atoms with Crippen LogP contribution in [-0.2, 0) is 0 Å². The number of anilines is 3. The molecule has 0 atom stereocenters. The van der Waals surface area contributed by atoms with E-state index < -0.39 is 0 Å². The lowest BCUT2D eigenvalue weighted by molar-refractivity contribution is 0.445. The van der Waals surface area contributed by atoms with Crippen LogP contribution in [0.15, 0.2) is 206 Å². The van der Waals surface area contributed by atoms with Crippen LogP contribution in [0, 0.1) is 0 Å². The smallest absolute Gasteiger partial charge is 0.0546 e. The summed E-state index contributed by atoms with van der Waals surface area (Å²) < 4.78 is 0. The van der Waals surface area contributed by atoms with Gasteiger partial charge in [0.2, 0.25) is 0 Å². The van der Waals surface area contributed by atoms with Gasteiger partial charge in [0, 0.05) is 16.8 Å². The van der Waals surface area contributed by atoms with Crippen molar-refractivity contribution in [3.05, 3.63) is 212 Å². The molecule has 274 valence electrons. The number of hydrogen-bond acceptors (Lipinski definition) is 1. The van der Waals surface area contributed by atoms with Crippen molar-refractivity contribution in [2.75, 3.05) is 4.90 Å². The Hall–Kier alpha value is -6.70. The van der Waals surface area contributed by atoms with E-state index in [0.29, 0.717) is 5.92 Å². The summed E-state index contributed by atoms with van der Waals surface area (Å²) in [5, 5.41) is 5.21. The summed E-state index contributed by atoms with van der Waals surface area (Å²) in [7, 11) is 0. The first-order valence-electron chi connectivity index (χ1n) is 20.5. The molecule has 1 aliphatic rings. The molecule has 57 heavy (non-hydrogen) atoms. The van der Waals surface area contributed by atoms with E-state index in [2.05, 4.69) is 211 Å². The zero-order valence-corrected chi connectivity index (χ0v) is 32.2. The summed E-state index contributed by atoms with van der Waals surface area (Å²) in [6.45, 7) is 0. The number of nitrogens with zero attached hydrogens (tertiary/aromatic N) is 1. The van der Waals surface area contributed by atoms with Crippen LogP contribution in [0.4, 0.5) is 17.1 Å². The Morgan fingerprint density at radius 2 is 0.930 bits per heavy atom. The van der Waals surface area contributed by atoms with E-state index in [-0.39, 0.29) is 0 Å². The summed E-state index contributed by atoms with van der Waals surface area (Å²) in [6, 6.07) is 76.1. The number of benzene rings is 9. The Morgan fingerprint density at radius 1 is 0.368 bits per heavy atom. The highest BCUT2D eigenvalue weighted by molar-refractivity contribution is 6.06. The van der Waals surface area contributed by atoms with E-state index >= 15 is 0 Å². The second-order valence-corrected chi connectivity index (χ2v) is 15.4. The van der Waals surface area contributed by atoms with Gasteiger partial charge in [-0.05, 0) is 104 Å². The van der Waals surface area contributed by atoms with Crippen LogP contribution in [0.1, 0.15) is 43.6 Å². The molecule has 1 nitrogen and oxygen atoms in total. The molecule has 0 aliphatic heterocycles. The van der Waals surface area contributed by atoms with Gasteiger partial charge >= 0.3 is 0 Å². The third-order valence-electron chi connectivity index (χ3n) is 12.1. The van der Waals surface area contributed by atoms with E-state index in [4.69, 9.17) is 0 Å². The monoisotopic (exact) mass is 731 g/mol. The minimum absolute atomic E-state index is 0.580. The predicted molar refractivity (Wildman–Crippen MR) is 244 cm³/mol. The average molecular weight is 732 g/mol. The van der Waals surface area contributed by atoms with Crippen LogP contribution in [0.2, 0.25) is 0 Å². The SMILES string of the molecule is c1ccc(-c2cccc(N(c3cccc(-c4cccc5ccccc45)c3)c3ccccc3-c3cccc4cccc(C5CCCCC5)c34)c2-c2ccccc2)cc1. The molecule has 1 heteroatoms. The molecule has 10 rings (SSSR count). The fourth-order valence-corrected chi connectivity index (χ4v) is 9.44. The maximum Gasteiger partial charge on any atom is 0.0546 e. The molecular weight excluding hydrogens is 687 g/mol. The maximum absolute atomic E-state index is 2.53. The molecular formula is C56H45N. The molecule has 0 unspecified atom stereocenters. The summed E-state index contributed by atoms with van der Waals surface area (Å²) in [5.41, 5.74) is 14.6. The second kappa shape index (κ2) is 15.4. The van der Waals surface area contributed by atoms with Gasteiger partial charge in [0.05, 0.1) is 11.4 Å². The van der Waals surface area contributed by atoms with E-state index in [0.717, 1.165) is 17.1 Å². The van der Waals surface area contributed by atoms with Crippen LogP contribution in [0.3, 0.4) is 0 Å². The molecule has 0 N–H and O–H groups in total. The standard InChI is InChI=1S/C56H45N/c1-4-19-41(20-5-1)49-34-16-27-43-28-17-36-52(55(43)49)51-32-12-13-37-53(51)57(46-30-14-29-45(39-46)48-33-15-26-40-23-10-11-31-47(40)48)54-38-18-35-50(42-21-6-2-7-22-42)56(54)44-24-8-3-9-25-44/h2-3,6-18,21-39,41H,1,4-5,19-20H2. The quantitative estimate of drug-likeness (QED) is 0.150. The summed E-state index contributed by atoms with van der Waals surface area (Å²) in [6.07, 6.45) is 6.47. The normalized spacial score (nSPS) is 13.2. The van der Waals surface area contributed by atoms with Crippen molar-refractivity contribution >= 4 is 38.6 Å². The zero-order valence-electron chi connectivity index (χ0n) is 32.2. The van der Waals surface area contributed by atoms with Crippen molar-refractivity contribution in [1.29, 1.82) is 0 Å². The summed E-state index contributed by atoms with van der Waals surface area (Å²) in [4.78, 5) is 2.53. The Balaban J connectivity index is 1.26. The van der Waals surface area contributed by atoms with Crippen molar-refractivity contribution in [3.8, 4) is 44.5 Å². The van der Waals surface area contributed by atoms with Crippen molar-refractivity contribution in [2.45, 2.75) is 38.0 Å². The fourth-order valence-electron chi connectivity index (χ4n) is 9.44. The largest absolute Gasteiger partial charge is 0.309 e. The van der Waals surface area contributed by atoms with Gasteiger partial charge in [-0.3, -0.25) is 0 Å². The minimum atomic E-state index is 0.580. The highest BCUT2D eigenvalue weighted by Crippen LogP contribution is 2.50. The Morgan fingerprint density at radius 3 is 1.75 bits per heavy atom. The van der Waals surface area contributed by atoms with Gasteiger partial charge in [-0.25, -0.2) is 0 Å². The van der Waals surface area contributed by atoms with Crippen molar-refractivity contribution in [3.63, 3.8) is 0 Å². The molecule has 0 amide bonds. The first-order valence-corrected chi connectivity index (χ1v) is 20.5. The molecule has 0 spiro atoms. The van der Waals surface area contributed by atoms with Crippen molar-refractivity contribution in [1.82, 2.24) is 0 Å². The Labute approximate surface area is 336 Å². The summed E-state index contributed by atoms with van der Waals surface area (Å²) in [5.74, 6) is 0.580. The number of para-hydroxylation sites is 1. The Kier molecular flexibility index (Phi) is 9.42. The third-order valence-corrected chi connectivity index (χ3v) is 12.1. The van der Waals surface area contributed by atoms with E-state index in [1.807, 2.05) is 0 Å². The van der Waals surface area contributed by atoms with Gasteiger partial charge in [0.25, 0.3) is 0 Å². The lowest BCUT2D eigenvalue weighted by Crippen LogP contribution is -2.13. The Bertz CT molecular complexity index is 2820. The van der Waals surface area contributed by atoms with Gasteiger partial charge in [0.1, 0.15) is 0 Å². The highest BCUT2D eigenvalue weighted by atomic mass is 15.1. The number of hydrogen-bond donors (Lipinski definition) is 0. The minimum Gasteiger partial charge on any atom is -0.309 e. The predicted octanol–water partition coefficient (Wildman–Crippen LogP) is 16.2. The van der Waals surface area contributed by atoms with Crippen LogP contribution < -0.4 is 4.90 Å². The molecule has 9 aromatic rings. The van der Waals surface area contributed by atoms with Crippen LogP contribution in [-0.4, -0.2) is 0 Å². The summed E-state index contributed by atoms with van der Waals surface area (Å²) >= 11 is 0. The zero-order chi connectivity index (χ0) is 38.0. The van der Waals surface area contributed by atoms with Crippen LogP contribution in [0.5, 0.6) is 0 Å². The van der Waals surface area contributed by atoms with Gasteiger partial charge in [0.15, 0.2) is 0 Å². The topological polar surface area (TPSA) is 3.24 Å². The van der Waals surface area contributed by atoms with Gasteiger partial charge < -0.3 is 4.90 Å².